The summed E-state index contributed by atoms with van der Waals surface area (Å²) < 4.78 is 6.05. The zero-order chi connectivity index (χ0) is 13.5. The highest BCUT2D eigenvalue weighted by atomic mass is 16.5. The van der Waals surface area contributed by atoms with Crippen LogP contribution in [-0.4, -0.2) is 17.2 Å². The van der Waals surface area contributed by atoms with E-state index < -0.39 is 5.97 Å². The zero-order valence-electron chi connectivity index (χ0n) is 11.3. The van der Waals surface area contributed by atoms with Gasteiger partial charge in [-0.25, -0.2) is 0 Å². The Kier molecular flexibility index (Phi) is 3.00. The predicted octanol–water partition coefficient (Wildman–Crippen LogP) is 3.43. The van der Waals surface area contributed by atoms with E-state index in [2.05, 4.69) is 6.07 Å². The fraction of sp³-hybridized carbons (Fsp3) is 0.562. The van der Waals surface area contributed by atoms with Crippen LogP contribution in [0.5, 0.6) is 5.75 Å². The molecular weight excluding hydrogens is 240 g/mol. The van der Waals surface area contributed by atoms with Crippen molar-refractivity contribution in [3.05, 3.63) is 29.3 Å². The minimum absolute atomic E-state index is 0.170. The van der Waals surface area contributed by atoms with Gasteiger partial charge in [-0.1, -0.05) is 17.7 Å². The fourth-order valence-corrected chi connectivity index (χ4v) is 2.81. The molecule has 102 valence electrons. The third kappa shape index (κ3) is 2.46. The number of rotatable bonds is 5. The summed E-state index contributed by atoms with van der Waals surface area (Å²) in [7, 11) is 0. The summed E-state index contributed by atoms with van der Waals surface area (Å²) in [5.41, 5.74) is 2.12. The predicted molar refractivity (Wildman–Crippen MR) is 72.6 cm³/mol. The second-order valence-corrected chi connectivity index (χ2v) is 6.02. The first kappa shape index (κ1) is 12.5. The maximum atomic E-state index is 11.1. The van der Waals surface area contributed by atoms with E-state index in [-0.39, 0.29) is 11.8 Å². The molecule has 0 atom stereocenters. The van der Waals surface area contributed by atoms with Crippen molar-refractivity contribution in [1.82, 2.24) is 0 Å². The normalized spacial score (nSPS) is 20.7. The number of carboxylic acids is 1. The highest BCUT2D eigenvalue weighted by Gasteiger charge is 2.48. The molecule has 0 bridgehead atoms. The average Bonchev–Trinajstić information content (AvgIpc) is 3.05. The molecule has 0 amide bonds. The molecule has 19 heavy (non-hydrogen) atoms. The summed E-state index contributed by atoms with van der Waals surface area (Å²) in [5, 5.41) is 9.11. The molecule has 1 N–H and O–H groups in total. The van der Waals surface area contributed by atoms with E-state index in [9.17, 15) is 4.79 Å². The van der Waals surface area contributed by atoms with Crippen LogP contribution < -0.4 is 4.74 Å². The van der Waals surface area contributed by atoms with Crippen molar-refractivity contribution in [3.63, 3.8) is 0 Å². The van der Waals surface area contributed by atoms with Crippen LogP contribution in [-0.2, 0) is 10.2 Å². The third-order valence-electron chi connectivity index (χ3n) is 4.40. The van der Waals surface area contributed by atoms with E-state index in [1.807, 2.05) is 19.1 Å². The summed E-state index contributed by atoms with van der Waals surface area (Å²) >= 11 is 0. The lowest BCUT2D eigenvalue weighted by atomic mass is 9.90. The van der Waals surface area contributed by atoms with E-state index in [0.29, 0.717) is 6.10 Å². The largest absolute Gasteiger partial charge is 0.490 e. The van der Waals surface area contributed by atoms with Gasteiger partial charge in [0.2, 0.25) is 0 Å². The van der Waals surface area contributed by atoms with Gasteiger partial charge >= 0.3 is 5.97 Å². The van der Waals surface area contributed by atoms with Crippen LogP contribution >= 0.6 is 0 Å². The monoisotopic (exact) mass is 260 g/mol. The van der Waals surface area contributed by atoms with E-state index in [0.717, 1.165) is 37.0 Å². The number of benzene rings is 1. The second-order valence-electron chi connectivity index (χ2n) is 6.02. The van der Waals surface area contributed by atoms with Gasteiger partial charge in [-0.3, -0.25) is 4.79 Å². The summed E-state index contributed by atoms with van der Waals surface area (Å²) in [6, 6.07) is 6.18. The lowest BCUT2D eigenvalue weighted by molar-refractivity contribution is -0.137. The van der Waals surface area contributed by atoms with E-state index in [4.69, 9.17) is 9.84 Å². The minimum atomic E-state index is -0.714. The SMILES string of the molecule is Cc1ccc(OC2CCC2)c(C2(CC(=O)O)CC2)c1. The summed E-state index contributed by atoms with van der Waals surface area (Å²) in [6.07, 6.45) is 5.97. The molecule has 1 aromatic rings. The van der Waals surface area contributed by atoms with E-state index in [1.54, 1.807) is 0 Å². The van der Waals surface area contributed by atoms with Crippen molar-refractivity contribution >= 4 is 5.97 Å². The first-order chi connectivity index (χ1) is 9.09. The molecule has 0 aromatic heterocycles. The van der Waals surface area contributed by atoms with Crippen LogP contribution in [0.3, 0.4) is 0 Å². The smallest absolute Gasteiger partial charge is 0.304 e. The Hall–Kier alpha value is -1.51. The molecule has 0 unspecified atom stereocenters. The average molecular weight is 260 g/mol. The molecule has 0 radical (unpaired) electrons. The molecule has 0 heterocycles. The third-order valence-corrected chi connectivity index (χ3v) is 4.40. The van der Waals surface area contributed by atoms with Gasteiger partial charge in [0.05, 0.1) is 12.5 Å². The highest BCUT2D eigenvalue weighted by Crippen LogP contribution is 2.54. The Balaban J connectivity index is 1.89. The Morgan fingerprint density at radius 3 is 2.68 bits per heavy atom. The lowest BCUT2D eigenvalue weighted by Crippen LogP contribution is -2.26. The minimum Gasteiger partial charge on any atom is -0.490 e. The molecule has 0 aliphatic heterocycles. The van der Waals surface area contributed by atoms with Crippen LogP contribution in [0, 0.1) is 6.92 Å². The van der Waals surface area contributed by atoms with Crippen molar-refractivity contribution in [1.29, 1.82) is 0 Å². The maximum absolute atomic E-state index is 11.1. The quantitative estimate of drug-likeness (QED) is 0.882. The first-order valence-corrected chi connectivity index (χ1v) is 7.09. The Morgan fingerprint density at radius 1 is 1.42 bits per heavy atom. The highest BCUT2D eigenvalue weighted by molar-refractivity contribution is 5.70. The first-order valence-electron chi connectivity index (χ1n) is 7.09. The molecule has 3 rings (SSSR count). The Labute approximate surface area is 113 Å². The Bertz CT molecular complexity index is 499. The second kappa shape index (κ2) is 4.55. The number of carbonyl (C=O) groups is 1. The van der Waals surface area contributed by atoms with Crippen molar-refractivity contribution in [2.75, 3.05) is 0 Å². The van der Waals surface area contributed by atoms with Gasteiger partial charge in [0, 0.05) is 11.0 Å². The van der Waals surface area contributed by atoms with Crippen molar-refractivity contribution in [2.24, 2.45) is 0 Å². The standard InChI is InChI=1S/C16H20O3/c1-11-5-6-14(19-12-3-2-4-12)13(9-11)16(7-8-16)10-15(17)18/h5-6,9,12H,2-4,7-8,10H2,1H3,(H,17,18). The summed E-state index contributed by atoms with van der Waals surface area (Å²) in [5.74, 6) is 0.197. The van der Waals surface area contributed by atoms with Crippen LogP contribution in [0.15, 0.2) is 18.2 Å². The fourth-order valence-electron chi connectivity index (χ4n) is 2.81. The van der Waals surface area contributed by atoms with E-state index >= 15 is 0 Å². The van der Waals surface area contributed by atoms with Gasteiger partial charge in [-0.05, 0) is 45.1 Å². The van der Waals surface area contributed by atoms with Gasteiger partial charge < -0.3 is 9.84 Å². The molecule has 0 spiro atoms. The number of aliphatic carboxylic acids is 1. The molecule has 0 saturated heterocycles. The van der Waals surface area contributed by atoms with Gasteiger partial charge in [-0.2, -0.15) is 0 Å². The van der Waals surface area contributed by atoms with Gasteiger partial charge in [0.25, 0.3) is 0 Å². The van der Waals surface area contributed by atoms with Crippen molar-refractivity contribution in [3.8, 4) is 5.75 Å². The summed E-state index contributed by atoms with van der Waals surface area (Å²) in [4.78, 5) is 11.1. The lowest BCUT2D eigenvalue weighted by Gasteiger charge is -2.29. The van der Waals surface area contributed by atoms with Crippen molar-refractivity contribution in [2.45, 2.75) is 57.0 Å². The number of carboxylic acid groups (broad SMARTS) is 1. The summed E-state index contributed by atoms with van der Waals surface area (Å²) in [6.45, 7) is 2.05. The Morgan fingerprint density at radius 2 is 2.16 bits per heavy atom. The molecule has 2 aliphatic rings. The molecular formula is C16H20O3. The zero-order valence-corrected chi connectivity index (χ0v) is 11.3. The topological polar surface area (TPSA) is 46.5 Å². The molecule has 3 nitrogen and oxygen atoms in total. The number of aryl methyl sites for hydroxylation is 1. The number of hydrogen-bond donors (Lipinski definition) is 1. The number of ether oxygens (including phenoxy) is 1. The van der Waals surface area contributed by atoms with Gasteiger partial charge in [0.1, 0.15) is 5.75 Å². The van der Waals surface area contributed by atoms with Gasteiger partial charge in [0.15, 0.2) is 0 Å². The van der Waals surface area contributed by atoms with Crippen molar-refractivity contribution < 1.29 is 14.6 Å². The van der Waals surface area contributed by atoms with E-state index in [1.165, 1.54) is 12.0 Å². The maximum Gasteiger partial charge on any atom is 0.304 e. The molecule has 1 aromatic carbocycles. The van der Waals surface area contributed by atoms with Crippen LogP contribution in [0.25, 0.3) is 0 Å². The van der Waals surface area contributed by atoms with Crippen LogP contribution in [0.2, 0.25) is 0 Å². The molecule has 2 saturated carbocycles. The molecule has 2 aliphatic carbocycles. The van der Waals surface area contributed by atoms with Crippen LogP contribution in [0.4, 0.5) is 0 Å². The molecule has 2 fully saturated rings. The number of hydrogen-bond acceptors (Lipinski definition) is 2. The molecule has 3 heteroatoms. The van der Waals surface area contributed by atoms with Gasteiger partial charge in [-0.15, -0.1) is 0 Å². The van der Waals surface area contributed by atoms with Crippen LogP contribution in [0.1, 0.15) is 49.7 Å².